The predicted molar refractivity (Wildman–Crippen MR) is 135 cm³/mol. The molecule has 1 aliphatic rings. The first-order valence-electron chi connectivity index (χ1n) is 11.2. The van der Waals surface area contributed by atoms with Crippen molar-refractivity contribution < 1.29 is 23.8 Å². The number of aromatic nitrogens is 2. The smallest absolute Gasteiger partial charge is 0.291 e. The first-order valence-corrected chi connectivity index (χ1v) is 11.2. The Kier molecular flexibility index (Phi) is 7.21. The van der Waals surface area contributed by atoms with Gasteiger partial charge in [-0.3, -0.25) is 14.6 Å². The number of ether oxygens (including phenoxy) is 1. The van der Waals surface area contributed by atoms with E-state index >= 15 is 0 Å². The quantitative estimate of drug-likeness (QED) is 0.356. The minimum absolute atomic E-state index is 0. The second-order valence-corrected chi connectivity index (χ2v) is 8.39. The number of amides is 2. The highest BCUT2D eigenvalue weighted by atomic mass is 16.5. The Hall–Kier alpha value is -4.37. The molecule has 9 nitrogen and oxygen atoms in total. The number of aliphatic hydroxyl groups excluding tert-OH is 1. The van der Waals surface area contributed by atoms with Crippen LogP contribution >= 0.6 is 0 Å². The molecule has 5 rings (SSSR count). The van der Waals surface area contributed by atoms with Crippen molar-refractivity contribution in [2.75, 3.05) is 18.4 Å². The number of nitrogens with one attached hydrogen (secondary N) is 2. The summed E-state index contributed by atoms with van der Waals surface area (Å²) >= 11 is 0. The predicted octanol–water partition coefficient (Wildman–Crippen LogP) is 4.87. The van der Waals surface area contributed by atoms with E-state index in [4.69, 9.17) is 9.15 Å². The van der Waals surface area contributed by atoms with E-state index in [9.17, 15) is 14.7 Å². The van der Waals surface area contributed by atoms with E-state index in [1.807, 2.05) is 0 Å². The van der Waals surface area contributed by atoms with E-state index in [0.717, 1.165) is 5.56 Å². The minimum Gasteiger partial charge on any atom is -0.459 e. The lowest BCUT2D eigenvalue weighted by Crippen LogP contribution is -2.29. The average Bonchev–Trinajstić information content (AvgIpc) is 3.60. The number of hydrogen-bond acceptors (Lipinski definition) is 6. The summed E-state index contributed by atoms with van der Waals surface area (Å²) in [7, 11) is 0. The summed E-state index contributed by atoms with van der Waals surface area (Å²) in [5.74, 6) is 0.882. The van der Waals surface area contributed by atoms with Crippen molar-refractivity contribution in [3.8, 4) is 22.9 Å². The van der Waals surface area contributed by atoms with Gasteiger partial charge in [0.1, 0.15) is 11.5 Å². The summed E-state index contributed by atoms with van der Waals surface area (Å²) in [5.41, 5.74) is 3.12. The van der Waals surface area contributed by atoms with E-state index in [1.54, 1.807) is 72.7 Å². The molecule has 186 valence electrons. The van der Waals surface area contributed by atoms with E-state index in [0.29, 0.717) is 53.6 Å². The number of furan rings is 1. The number of aryl methyl sites for hydroxylation is 1. The molecule has 1 aromatic carbocycles. The van der Waals surface area contributed by atoms with Gasteiger partial charge in [-0.1, -0.05) is 13.5 Å². The largest absolute Gasteiger partial charge is 0.459 e. The molecule has 0 saturated carbocycles. The number of anilines is 1. The van der Waals surface area contributed by atoms with Crippen LogP contribution in [-0.2, 0) is 0 Å². The molecular formula is C27H28N4O5. The maximum atomic E-state index is 12.7. The summed E-state index contributed by atoms with van der Waals surface area (Å²) in [6.07, 6.45) is 4.87. The van der Waals surface area contributed by atoms with E-state index in [2.05, 4.69) is 15.3 Å². The fourth-order valence-corrected chi connectivity index (χ4v) is 3.96. The van der Waals surface area contributed by atoms with Gasteiger partial charge in [0.05, 0.1) is 29.3 Å². The number of benzene rings is 1. The van der Waals surface area contributed by atoms with Crippen LogP contribution in [0.1, 0.15) is 40.3 Å². The fraction of sp³-hybridized carbons (Fsp3) is 0.222. The highest BCUT2D eigenvalue weighted by molar-refractivity contribution is 6.03. The molecule has 3 N–H and O–H groups in total. The lowest BCUT2D eigenvalue weighted by atomic mass is 10.2. The summed E-state index contributed by atoms with van der Waals surface area (Å²) in [5, 5.41) is 12.5. The van der Waals surface area contributed by atoms with Gasteiger partial charge < -0.3 is 29.5 Å². The Balaban J connectivity index is 0.00000304. The van der Waals surface area contributed by atoms with Gasteiger partial charge in [-0.05, 0) is 43.7 Å². The monoisotopic (exact) mass is 488 g/mol. The Labute approximate surface area is 208 Å². The summed E-state index contributed by atoms with van der Waals surface area (Å²) in [6, 6.07) is 14.0. The van der Waals surface area contributed by atoms with Crippen molar-refractivity contribution in [3.05, 3.63) is 84.1 Å². The van der Waals surface area contributed by atoms with Crippen LogP contribution in [0.3, 0.4) is 0 Å². The first-order chi connectivity index (χ1) is 17.0. The second kappa shape index (κ2) is 10.5. The van der Waals surface area contributed by atoms with Gasteiger partial charge in [-0.15, -0.1) is 0 Å². The zero-order chi connectivity index (χ0) is 24.4. The molecule has 2 amide bonds. The van der Waals surface area contributed by atoms with Crippen LogP contribution in [0, 0.1) is 6.92 Å². The number of carbonyl (C=O) groups is 2. The number of hydrogen-bond donors (Lipinski definition) is 3. The molecule has 3 aromatic heterocycles. The maximum absolute atomic E-state index is 12.7. The van der Waals surface area contributed by atoms with E-state index in [-0.39, 0.29) is 25.0 Å². The van der Waals surface area contributed by atoms with Crippen LogP contribution in [0.25, 0.3) is 11.4 Å². The molecule has 0 bridgehead atoms. The molecular weight excluding hydrogens is 460 g/mol. The molecule has 0 spiro atoms. The lowest BCUT2D eigenvalue weighted by Gasteiger charge is -2.13. The molecule has 0 aliphatic carbocycles. The number of likely N-dealkylation sites (tertiary alicyclic amines) is 1. The van der Waals surface area contributed by atoms with Gasteiger partial charge in [0, 0.05) is 48.9 Å². The average molecular weight is 489 g/mol. The third-order valence-corrected chi connectivity index (χ3v) is 5.78. The normalized spacial score (nSPS) is 14.8. The number of H-pyrrole nitrogens is 1. The van der Waals surface area contributed by atoms with Gasteiger partial charge in [0.2, 0.25) is 0 Å². The van der Waals surface area contributed by atoms with Gasteiger partial charge in [-0.25, -0.2) is 0 Å². The molecule has 1 saturated heterocycles. The molecule has 1 fully saturated rings. The third kappa shape index (κ3) is 5.31. The van der Waals surface area contributed by atoms with Crippen LogP contribution in [0.5, 0.6) is 11.5 Å². The number of pyridine rings is 1. The van der Waals surface area contributed by atoms with Crippen molar-refractivity contribution in [3.63, 3.8) is 0 Å². The van der Waals surface area contributed by atoms with Gasteiger partial charge >= 0.3 is 0 Å². The molecule has 1 atom stereocenters. The number of rotatable bonds is 6. The first kappa shape index (κ1) is 24.7. The Bertz CT molecular complexity index is 1380. The SMILES string of the molecule is C.Cc1ccoc1C(=O)Nc1cccc(Oc2ccnc(-c3cc(C(=O)N4CC[C@@H](O)C4)c[nH]3)c2)c1. The Morgan fingerprint density at radius 1 is 1.19 bits per heavy atom. The summed E-state index contributed by atoms with van der Waals surface area (Å²) < 4.78 is 11.2. The Morgan fingerprint density at radius 3 is 2.78 bits per heavy atom. The summed E-state index contributed by atoms with van der Waals surface area (Å²) in [6.45, 7) is 2.70. The highest BCUT2D eigenvalue weighted by Gasteiger charge is 2.26. The Morgan fingerprint density at radius 2 is 2.03 bits per heavy atom. The van der Waals surface area contributed by atoms with Crippen molar-refractivity contribution in [1.29, 1.82) is 0 Å². The third-order valence-electron chi connectivity index (χ3n) is 5.78. The van der Waals surface area contributed by atoms with Crippen LogP contribution < -0.4 is 10.1 Å². The number of aromatic amines is 1. The zero-order valence-electron chi connectivity index (χ0n) is 19.0. The van der Waals surface area contributed by atoms with Crippen molar-refractivity contribution in [2.24, 2.45) is 0 Å². The molecule has 36 heavy (non-hydrogen) atoms. The van der Waals surface area contributed by atoms with Crippen molar-refractivity contribution >= 4 is 17.5 Å². The van der Waals surface area contributed by atoms with Crippen molar-refractivity contribution in [2.45, 2.75) is 26.9 Å². The number of nitrogens with zero attached hydrogens (tertiary/aromatic N) is 2. The lowest BCUT2D eigenvalue weighted by molar-refractivity contribution is 0.0765. The highest BCUT2D eigenvalue weighted by Crippen LogP contribution is 2.28. The van der Waals surface area contributed by atoms with Gasteiger partial charge in [-0.2, -0.15) is 0 Å². The number of carbonyl (C=O) groups excluding carboxylic acids is 2. The topological polar surface area (TPSA) is 121 Å². The second-order valence-electron chi connectivity index (χ2n) is 8.39. The van der Waals surface area contributed by atoms with E-state index < -0.39 is 6.10 Å². The zero-order valence-corrected chi connectivity index (χ0v) is 19.0. The molecule has 9 heteroatoms. The minimum atomic E-state index is -0.464. The summed E-state index contributed by atoms with van der Waals surface area (Å²) in [4.78, 5) is 34.2. The van der Waals surface area contributed by atoms with Crippen LogP contribution in [0.15, 0.2) is 71.6 Å². The number of β-amino-alcohol motifs (C(OH)–C–C–N with tert-alkyl or cyclic N) is 1. The van der Waals surface area contributed by atoms with Gasteiger partial charge in [0.25, 0.3) is 11.8 Å². The molecule has 1 aliphatic heterocycles. The molecule has 0 radical (unpaired) electrons. The van der Waals surface area contributed by atoms with E-state index in [1.165, 1.54) is 6.26 Å². The molecule has 4 aromatic rings. The van der Waals surface area contributed by atoms with Crippen LogP contribution in [-0.4, -0.2) is 51.0 Å². The van der Waals surface area contributed by atoms with Crippen LogP contribution in [0.2, 0.25) is 0 Å². The fourth-order valence-electron chi connectivity index (χ4n) is 3.96. The van der Waals surface area contributed by atoms with Crippen molar-refractivity contribution in [1.82, 2.24) is 14.9 Å². The van der Waals surface area contributed by atoms with Crippen LogP contribution in [0.4, 0.5) is 5.69 Å². The van der Waals surface area contributed by atoms with Gasteiger partial charge in [0.15, 0.2) is 5.76 Å². The maximum Gasteiger partial charge on any atom is 0.291 e. The number of aliphatic hydroxyl groups is 1. The standard InChI is InChI=1S/C26H24N4O5.CH4/c1-16-7-10-34-24(16)25(32)29-18-3-2-4-20(12-18)35-21-5-8-27-23(13-21)22-11-17(14-28-22)26(33)30-9-6-19(31)15-30;/h2-5,7-8,10-14,19,28,31H,6,9,15H2,1H3,(H,29,32);1H4/t19-;/m1./s1. The molecule has 4 heterocycles. The molecule has 0 unspecified atom stereocenters.